The lowest BCUT2D eigenvalue weighted by atomic mass is 9.76. The van der Waals surface area contributed by atoms with Gasteiger partial charge in [-0.2, -0.15) is 0 Å². The summed E-state index contributed by atoms with van der Waals surface area (Å²) in [5.41, 5.74) is 6.53. The van der Waals surface area contributed by atoms with Crippen molar-refractivity contribution in [2.24, 2.45) is 5.92 Å². The number of allylic oxidation sites excluding steroid dienone is 2. The molecule has 0 unspecified atom stereocenters. The van der Waals surface area contributed by atoms with E-state index in [1.165, 1.54) is 27.9 Å². The van der Waals surface area contributed by atoms with Crippen molar-refractivity contribution in [1.82, 2.24) is 0 Å². The summed E-state index contributed by atoms with van der Waals surface area (Å²) in [4.78, 5) is 0. The van der Waals surface area contributed by atoms with Crippen molar-refractivity contribution < 1.29 is 0 Å². The maximum Gasteiger partial charge on any atom is 0.0553 e. The normalized spacial score (nSPS) is 23.2. The zero-order valence-corrected chi connectivity index (χ0v) is 15.2. The first kappa shape index (κ1) is 15.7. The van der Waals surface area contributed by atoms with E-state index in [9.17, 15) is 0 Å². The summed E-state index contributed by atoms with van der Waals surface area (Å²) >= 11 is 6.09. The van der Waals surface area contributed by atoms with Gasteiger partial charge in [0, 0.05) is 16.6 Å². The average molecular weight is 358 g/mol. The third kappa shape index (κ3) is 2.64. The van der Waals surface area contributed by atoms with Gasteiger partial charge in [0.05, 0.1) is 6.04 Å². The number of anilines is 1. The highest BCUT2D eigenvalue weighted by molar-refractivity contribution is 6.30. The van der Waals surface area contributed by atoms with Crippen LogP contribution < -0.4 is 5.32 Å². The van der Waals surface area contributed by atoms with Crippen molar-refractivity contribution in [2.75, 3.05) is 5.32 Å². The van der Waals surface area contributed by atoms with E-state index in [2.05, 4.69) is 78.1 Å². The highest BCUT2D eigenvalue weighted by Gasteiger charge is 2.37. The van der Waals surface area contributed by atoms with Gasteiger partial charge in [-0.05, 0) is 58.9 Å². The zero-order chi connectivity index (χ0) is 17.5. The van der Waals surface area contributed by atoms with Crippen molar-refractivity contribution in [3.8, 4) is 11.1 Å². The Hall–Kier alpha value is -2.51. The number of benzene rings is 3. The maximum absolute atomic E-state index is 6.09. The molecule has 1 aliphatic heterocycles. The Bertz CT molecular complexity index is 959. The predicted octanol–water partition coefficient (Wildman–Crippen LogP) is 6.83. The quantitative estimate of drug-likeness (QED) is 0.495. The molecule has 1 heterocycles. The van der Waals surface area contributed by atoms with Crippen LogP contribution in [0.2, 0.25) is 5.02 Å². The Morgan fingerprint density at radius 3 is 2.46 bits per heavy atom. The van der Waals surface area contributed by atoms with Gasteiger partial charge in [-0.1, -0.05) is 72.3 Å². The van der Waals surface area contributed by atoms with Gasteiger partial charge in [-0.15, -0.1) is 0 Å². The minimum absolute atomic E-state index is 0.322. The topological polar surface area (TPSA) is 12.0 Å². The lowest BCUT2D eigenvalue weighted by Crippen LogP contribution is -2.29. The summed E-state index contributed by atoms with van der Waals surface area (Å²) in [6.45, 7) is 0. The number of hydrogen-bond donors (Lipinski definition) is 1. The zero-order valence-electron chi connectivity index (χ0n) is 14.4. The van der Waals surface area contributed by atoms with Crippen LogP contribution in [0.15, 0.2) is 84.9 Å². The van der Waals surface area contributed by atoms with Crippen LogP contribution in [0.4, 0.5) is 5.69 Å². The van der Waals surface area contributed by atoms with Crippen molar-refractivity contribution in [2.45, 2.75) is 18.4 Å². The molecule has 1 nitrogen and oxygen atoms in total. The van der Waals surface area contributed by atoms with Crippen molar-refractivity contribution in [3.63, 3.8) is 0 Å². The Morgan fingerprint density at radius 1 is 0.846 bits per heavy atom. The molecule has 0 bridgehead atoms. The van der Waals surface area contributed by atoms with Crippen LogP contribution in [0.1, 0.15) is 29.5 Å². The van der Waals surface area contributed by atoms with Crippen LogP contribution in [0.5, 0.6) is 0 Å². The lowest BCUT2D eigenvalue weighted by Gasteiger charge is -2.37. The summed E-state index contributed by atoms with van der Waals surface area (Å²) in [5, 5.41) is 4.59. The standard InChI is InChI=1S/C24H20ClN/c25-19-12-9-17(10-13-19)24-21-8-4-7-20(21)22-15-18(11-14-23(22)26-24)16-5-2-1-3-6-16/h1-7,9-15,20-21,24,26H,8H2/t20-,21-,24-/m0/s1. The summed E-state index contributed by atoms with van der Waals surface area (Å²) in [5.74, 6) is 1.02. The van der Waals surface area contributed by atoms with Gasteiger partial charge in [0.15, 0.2) is 0 Å². The van der Waals surface area contributed by atoms with Crippen molar-refractivity contribution in [1.29, 1.82) is 0 Å². The summed E-state index contributed by atoms with van der Waals surface area (Å²) in [6.07, 6.45) is 5.84. The van der Waals surface area contributed by atoms with E-state index in [4.69, 9.17) is 11.6 Å². The summed E-state index contributed by atoms with van der Waals surface area (Å²) < 4.78 is 0. The van der Waals surface area contributed by atoms with Gasteiger partial charge >= 0.3 is 0 Å². The first-order valence-corrected chi connectivity index (χ1v) is 9.55. The number of nitrogens with one attached hydrogen (secondary N) is 1. The summed E-state index contributed by atoms with van der Waals surface area (Å²) in [6, 6.07) is 26.0. The van der Waals surface area contributed by atoms with Crippen LogP contribution in [-0.4, -0.2) is 0 Å². The van der Waals surface area contributed by atoms with Crippen LogP contribution in [0.25, 0.3) is 11.1 Å². The molecule has 5 rings (SSSR count). The second-order valence-corrected chi connectivity index (χ2v) is 7.63. The molecule has 2 aliphatic rings. The molecule has 3 atom stereocenters. The Balaban J connectivity index is 1.56. The van der Waals surface area contributed by atoms with Gasteiger partial charge in [0.2, 0.25) is 0 Å². The highest BCUT2D eigenvalue weighted by Crippen LogP contribution is 2.50. The molecule has 0 saturated carbocycles. The summed E-state index contributed by atoms with van der Waals surface area (Å²) in [7, 11) is 0. The minimum Gasteiger partial charge on any atom is -0.378 e. The minimum atomic E-state index is 0.322. The van der Waals surface area contributed by atoms with Crippen LogP contribution in [0.3, 0.4) is 0 Å². The number of hydrogen-bond acceptors (Lipinski definition) is 1. The number of fused-ring (bicyclic) bond motifs is 3. The number of rotatable bonds is 2. The molecule has 0 amide bonds. The molecule has 0 radical (unpaired) electrons. The van der Waals surface area contributed by atoms with Crippen LogP contribution in [-0.2, 0) is 0 Å². The van der Waals surface area contributed by atoms with E-state index < -0.39 is 0 Å². The van der Waals surface area contributed by atoms with Crippen molar-refractivity contribution in [3.05, 3.63) is 101 Å². The fourth-order valence-corrected chi connectivity index (χ4v) is 4.53. The van der Waals surface area contributed by atoms with Crippen molar-refractivity contribution >= 4 is 17.3 Å². The fraction of sp³-hybridized carbons (Fsp3) is 0.167. The van der Waals surface area contributed by atoms with Gasteiger partial charge in [-0.25, -0.2) is 0 Å². The maximum atomic E-state index is 6.09. The van der Waals surface area contributed by atoms with Gasteiger partial charge in [0.1, 0.15) is 0 Å². The smallest absolute Gasteiger partial charge is 0.0553 e. The largest absolute Gasteiger partial charge is 0.378 e. The molecule has 0 fully saturated rings. The van der Waals surface area contributed by atoms with Gasteiger partial charge in [-0.3, -0.25) is 0 Å². The molecule has 3 aromatic rings. The SMILES string of the molecule is Clc1ccc([C@@H]2Nc3ccc(-c4ccccc4)cc3[C@H]3C=CC[C@@H]32)cc1. The highest BCUT2D eigenvalue weighted by atomic mass is 35.5. The molecule has 128 valence electrons. The van der Waals surface area contributed by atoms with E-state index in [0.717, 1.165) is 11.4 Å². The Morgan fingerprint density at radius 2 is 1.65 bits per heavy atom. The number of halogens is 1. The predicted molar refractivity (Wildman–Crippen MR) is 110 cm³/mol. The van der Waals surface area contributed by atoms with E-state index >= 15 is 0 Å². The third-order valence-electron chi connectivity index (χ3n) is 5.70. The van der Waals surface area contributed by atoms with Crippen LogP contribution in [0, 0.1) is 5.92 Å². The monoisotopic (exact) mass is 357 g/mol. The van der Waals surface area contributed by atoms with E-state index in [0.29, 0.717) is 17.9 Å². The molecule has 0 saturated heterocycles. The molecule has 1 N–H and O–H groups in total. The van der Waals surface area contributed by atoms with Crippen LogP contribution >= 0.6 is 11.6 Å². The van der Waals surface area contributed by atoms with E-state index in [1.54, 1.807) is 0 Å². The molecular weight excluding hydrogens is 338 g/mol. The van der Waals surface area contributed by atoms with Gasteiger partial charge in [0.25, 0.3) is 0 Å². The second kappa shape index (κ2) is 6.34. The molecule has 1 aliphatic carbocycles. The van der Waals surface area contributed by atoms with Gasteiger partial charge < -0.3 is 5.32 Å². The molecule has 0 spiro atoms. The lowest BCUT2D eigenvalue weighted by molar-refractivity contribution is 0.425. The first-order chi connectivity index (χ1) is 12.8. The molecule has 2 heteroatoms. The van der Waals surface area contributed by atoms with E-state index in [1.807, 2.05) is 12.1 Å². The Kier molecular flexibility index (Phi) is 3.83. The Labute approximate surface area is 159 Å². The molecular formula is C24H20ClN. The molecule has 0 aromatic heterocycles. The third-order valence-corrected chi connectivity index (χ3v) is 5.95. The average Bonchev–Trinajstić information content (AvgIpc) is 3.19. The first-order valence-electron chi connectivity index (χ1n) is 9.17. The molecule has 26 heavy (non-hydrogen) atoms. The molecule has 3 aromatic carbocycles. The second-order valence-electron chi connectivity index (χ2n) is 7.20. The van der Waals surface area contributed by atoms with E-state index in [-0.39, 0.29) is 0 Å². The fourth-order valence-electron chi connectivity index (χ4n) is 4.40.